The van der Waals surface area contributed by atoms with Crippen LogP contribution in [0.1, 0.15) is 25.7 Å². The first-order chi connectivity index (χ1) is 7.63. The molecule has 0 spiro atoms. The highest BCUT2D eigenvalue weighted by Gasteiger charge is 2.11. The summed E-state index contributed by atoms with van der Waals surface area (Å²) in [6, 6.07) is 0.123. The molecule has 1 amide bonds. The van der Waals surface area contributed by atoms with Crippen molar-refractivity contribution in [2.75, 3.05) is 23.4 Å². The molecule has 7 heteroatoms. The molecule has 1 heterocycles. The minimum absolute atomic E-state index is 0.0655. The molecule has 2 N–H and O–H groups in total. The molecule has 1 rings (SSSR count). The van der Waals surface area contributed by atoms with Gasteiger partial charge >= 0.3 is 6.01 Å². The SMILES string of the molecule is CC(C)c1nnc(NC(=O)CSCCO)o1. The summed E-state index contributed by atoms with van der Waals surface area (Å²) in [7, 11) is 0. The lowest BCUT2D eigenvalue weighted by molar-refractivity contribution is -0.113. The van der Waals surface area contributed by atoms with Crippen LogP contribution in [0.3, 0.4) is 0 Å². The molecule has 16 heavy (non-hydrogen) atoms. The van der Waals surface area contributed by atoms with Crippen LogP contribution < -0.4 is 5.32 Å². The van der Waals surface area contributed by atoms with E-state index < -0.39 is 0 Å². The minimum Gasteiger partial charge on any atom is -0.408 e. The number of amides is 1. The van der Waals surface area contributed by atoms with Crippen molar-refractivity contribution in [3.8, 4) is 0 Å². The molecule has 0 saturated carbocycles. The maximum atomic E-state index is 11.3. The van der Waals surface area contributed by atoms with Crippen LogP contribution in [-0.4, -0.2) is 39.3 Å². The van der Waals surface area contributed by atoms with Crippen LogP contribution in [0.25, 0.3) is 0 Å². The number of nitrogens with one attached hydrogen (secondary N) is 1. The van der Waals surface area contributed by atoms with Gasteiger partial charge in [0.1, 0.15) is 0 Å². The van der Waals surface area contributed by atoms with Crippen molar-refractivity contribution in [2.45, 2.75) is 19.8 Å². The van der Waals surface area contributed by atoms with Crippen LogP contribution in [0.2, 0.25) is 0 Å². The predicted molar refractivity (Wildman–Crippen MR) is 61.4 cm³/mol. The van der Waals surface area contributed by atoms with Gasteiger partial charge in [-0.25, -0.2) is 0 Å². The summed E-state index contributed by atoms with van der Waals surface area (Å²) >= 11 is 1.34. The Morgan fingerprint density at radius 1 is 1.56 bits per heavy atom. The average molecular weight is 245 g/mol. The Morgan fingerprint density at radius 3 is 2.88 bits per heavy atom. The summed E-state index contributed by atoms with van der Waals surface area (Å²) in [4.78, 5) is 11.3. The quantitative estimate of drug-likeness (QED) is 0.723. The van der Waals surface area contributed by atoms with Gasteiger partial charge in [-0.3, -0.25) is 10.1 Å². The highest BCUT2D eigenvalue weighted by molar-refractivity contribution is 7.99. The molecule has 0 unspecified atom stereocenters. The number of carbonyl (C=O) groups excluding carboxylic acids is 1. The molecule has 0 saturated heterocycles. The fraction of sp³-hybridized carbons (Fsp3) is 0.667. The number of aromatic nitrogens is 2. The van der Waals surface area contributed by atoms with Crippen molar-refractivity contribution < 1.29 is 14.3 Å². The fourth-order valence-corrected chi connectivity index (χ4v) is 1.43. The van der Waals surface area contributed by atoms with E-state index in [1.165, 1.54) is 11.8 Å². The largest absolute Gasteiger partial charge is 0.408 e. The molecule has 1 aromatic rings. The van der Waals surface area contributed by atoms with Gasteiger partial charge in [-0.2, -0.15) is 0 Å². The molecule has 0 atom stereocenters. The Labute approximate surface area is 97.8 Å². The summed E-state index contributed by atoms with van der Waals surface area (Å²) < 4.78 is 5.21. The Balaban J connectivity index is 2.37. The monoisotopic (exact) mass is 245 g/mol. The second-order valence-electron chi connectivity index (χ2n) is 3.42. The maximum absolute atomic E-state index is 11.3. The fourth-order valence-electron chi connectivity index (χ4n) is 0.903. The normalized spacial score (nSPS) is 10.8. The summed E-state index contributed by atoms with van der Waals surface area (Å²) in [5.41, 5.74) is 0. The van der Waals surface area contributed by atoms with Gasteiger partial charge in [0.25, 0.3) is 0 Å². The van der Waals surface area contributed by atoms with Crippen LogP contribution in [0.15, 0.2) is 4.42 Å². The van der Waals surface area contributed by atoms with Crippen molar-refractivity contribution in [3.05, 3.63) is 5.89 Å². The van der Waals surface area contributed by atoms with E-state index in [4.69, 9.17) is 9.52 Å². The van der Waals surface area contributed by atoms with E-state index in [0.29, 0.717) is 11.6 Å². The summed E-state index contributed by atoms with van der Waals surface area (Å²) in [5.74, 6) is 1.23. The molecule has 0 fully saturated rings. The van der Waals surface area contributed by atoms with E-state index in [-0.39, 0.29) is 30.2 Å². The highest BCUT2D eigenvalue weighted by atomic mass is 32.2. The predicted octanol–water partition coefficient (Wildman–Crippen LogP) is 0.857. The van der Waals surface area contributed by atoms with Crippen LogP contribution in [0.4, 0.5) is 6.01 Å². The smallest absolute Gasteiger partial charge is 0.322 e. The van der Waals surface area contributed by atoms with E-state index in [1.54, 1.807) is 0 Å². The summed E-state index contributed by atoms with van der Waals surface area (Å²) in [6.07, 6.45) is 0. The Morgan fingerprint density at radius 2 is 2.31 bits per heavy atom. The standard InChI is InChI=1S/C9H15N3O3S/c1-6(2)8-11-12-9(15-8)10-7(14)5-16-4-3-13/h6,13H,3-5H2,1-2H3,(H,10,12,14). The molecule has 0 aliphatic rings. The molecule has 0 bridgehead atoms. The van der Waals surface area contributed by atoms with Crippen LogP contribution in [-0.2, 0) is 4.79 Å². The second kappa shape index (κ2) is 6.49. The zero-order chi connectivity index (χ0) is 12.0. The maximum Gasteiger partial charge on any atom is 0.322 e. The number of nitrogens with zero attached hydrogens (tertiary/aromatic N) is 2. The van der Waals surface area contributed by atoms with Gasteiger partial charge in [0.2, 0.25) is 11.8 Å². The number of aliphatic hydroxyl groups excluding tert-OH is 1. The van der Waals surface area contributed by atoms with Crippen molar-refractivity contribution in [1.29, 1.82) is 0 Å². The highest BCUT2D eigenvalue weighted by Crippen LogP contribution is 2.14. The lowest BCUT2D eigenvalue weighted by atomic mass is 10.2. The Bertz CT molecular complexity index is 340. The molecule has 0 radical (unpaired) electrons. The molecule has 0 aromatic carbocycles. The molecular weight excluding hydrogens is 230 g/mol. The van der Waals surface area contributed by atoms with Crippen molar-refractivity contribution >= 4 is 23.7 Å². The van der Waals surface area contributed by atoms with Crippen molar-refractivity contribution in [1.82, 2.24) is 10.2 Å². The summed E-state index contributed by atoms with van der Waals surface area (Å²) in [5, 5.41) is 18.5. The van der Waals surface area contributed by atoms with E-state index >= 15 is 0 Å². The van der Waals surface area contributed by atoms with Crippen LogP contribution in [0, 0.1) is 0 Å². The first-order valence-corrected chi connectivity index (χ1v) is 6.10. The topological polar surface area (TPSA) is 88.2 Å². The Kier molecular flexibility index (Phi) is 5.27. The number of anilines is 1. The number of hydrogen-bond acceptors (Lipinski definition) is 6. The van der Waals surface area contributed by atoms with Gasteiger partial charge in [0.15, 0.2) is 0 Å². The van der Waals surface area contributed by atoms with E-state index in [2.05, 4.69) is 15.5 Å². The van der Waals surface area contributed by atoms with E-state index in [1.807, 2.05) is 13.8 Å². The first-order valence-electron chi connectivity index (χ1n) is 4.95. The third-order valence-corrected chi connectivity index (χ3v) is 2.59. The minimum atomic E-state index is -0.211. The number of hydrogen-bond donors (Lipinski definition) is 2. The third kappa shape index (κ3) is 4.19. The van der Waals surface area contributed by atoms with Gasteiger partial charge in [-0.1, -0.05) is 18.9 Å². The van der Waals surface area contributed by atoms with Crippen LogP contribution in [0.5, 0.6) is 0 Å². The van der Waals surface area contributed by atoms with Gasteiger partial charge in [0.05, 0.1) is 12.4 Å². The van der Waals surface area contributed by atoms with Gasteiger partial charge < -0.3 is 9.52 Å². The Hall–Kier alpha value is -1.08. The zero-order valence-corrected chi connectivity index (χ0v) is 10.1. The van der Waals surface area contributed by atoms with Gasteiger partial charge in [0, 0.05) is 11.7 Å². The summed E-state index contributed by atoms with van der Waals surface area (Å²) in [6.45, 7) is 3.92. The molecular formula is C9H15N3O3S. The lowest BCUT2D eigenvalue weighted by Crippen LogP contribution is -2.14. The molecule has 90 valence electrons. The number of carbonyl (C=O) groups is 1. The molecule has 6 nitrogen and oxygen atoms in total. The first kappa shape index (κ1) is 13.0. The van der Waals surface area contributed by atoms with Crippen molar-refractivity contribution in [3.63, 3.8) is 0 Å². The average Bonchev–Trinajstić information content (AvgIpc) is 2.66. The molecule has 0 aliphatic heterocycles. The van der Waals surface area contributed by atoms with Crippen LogP contribution >= 0.6 is 11.8 Å². The molecule has 1 aromatic heterocycles. The zero-order valence-electron chi connectivity index (χ0n) is 9.27. The van der Waals surface area contributed by atoms with E-state index in [0.717, 1.165) is 0 Å². The van der Waals surface area contributed by atoms with Crippen molar-refractivity contribution in [2.24, 2.45) is 0 Å². The second-order valence-corrected chi connectivity index (χ2v) is 4.53. The number of rotatable bonds is 6. The number of aliphatic hydroxyl groups is 1. The lowest BCUT2D eigenvalue weighted by Gasteiger charge is -1.99. The third-order valence-electron chi connectivity index (χ3n) is 1.65. The van der Waals surface area contributed by atoms with E-state index in [9.17, 15) is 4.79 Å². The van der Waals surface area contributed by atoms with Gasteiger partial charge in [-0.15, -0.1) is 16.9 Å². The number of thioether (sulfide) groups is 1. The molecule has 0 aliphatic carbocycles. The van der Waals surface area contributed by atoms with Gasteiger partial charge in [-0.05, 0) is 0 Å².